The third kappa shape index (κ3) is 4.66. The zero-order valence-electron chi connectivity index (χ0n) is 12.5. The number of pyridine rings is 1. The Bertz CT molecular complexity index is 620. The van der Waals surface area contributed by atoms with Crippen molar-refractivity contribution in [1.29, 1.82) is 0 Å². The SMILES string of the molecule is COc1ccc(SCC(=O)NCc2cccnc2)cc1OC. The average molecular weight is 318 g/mol. The first-order valence-electron chi connectivity index (χ1n) is 6.73. The van der Waals surface area contributed by atoms with Gasteiger partial charge in [0.25, 0.3) is 0 Å². The van der Waals surface area contributed by atoms with Gasteiger partial charge in [-0.2, -0.15) is 0 Å². The molecule has 2 rings (SSSR count). The maximum absolute atomic E-state index is 11.9. The lowest BCUT2D eigenvalue weighted by atomic mass is 10.3. The van der Waals surface area contributed by atoms with E-state index < -0.39 is 0 Å². The van der Waals surface area contributed by atoms with Crippen molar-refractivity contribution < 1.29 is 14.3 Å². The van der Waals surface area contributed by atoms with Gasteiger partial charge < -0.3 is 14.8 Å². The molecule has 1 aromatic heterocycles. The van der Waals surface area contributed by atoms with Gasteiger partial charge in [-0.3, -0.25) is 9.78 Å². The van der Waals surface area contributed by atoms with Gasteiger partial charge in [-0.05, 0) is 29.8 Å². The van der Waals surface area contributed by atoms with Crippen LogP contribution in [0.4, 0.5) is 0 Å². The number of rotatable bonds is 7. The highest BCUT2D eigenvalue weighted by Gasteiger charge is 2.07. The molecule has 22 heavy (non-hydrogen) atoms. The van der Waals surface area contributed by atoms with Crippen molar-refractivity contribution >= 4 is 17.7 Å². The second kappa shape index (κ2) is 8.29. The number of hydrogen-bond acceptors (Lipinski definition) is 5. The van der Waals surface area contributed by atoms with Crippen molar-refractivity contribution in [2.24, 2.45) is 0 Å². The summed E-state index contributed by atoms with van der Waals surface area (Å²) in [6, 6.07) is 9.36. The van der Waals surface area contributed by atoms with E-state index in [1.807, 2.05) is 30.3 Å². The van der Waals surface area contributed by atoms with Gasteiger partial charge in [-0.1, -0.05) is 6.07 Å². The number of benzene rings is 1. The lowest BCUT2D eigenvalue weighted by Gasteiger charge is -2.09. The third-order valence-electron chi connectivity index (χ3n) is 2.94. The number of hydrogen-bond donors (Lipinski definition) is 1. The summed E-state index contributed by atoms with van der Waals surface area (Å²) >= 11 is 1.45. The lowest BCUT2D eigenvalue weighted by molar-refractivity contribution is -0.118. The number of carbonyl (C=O) groups excluding carboxylic acids is 1. The number of carbonyl (C=O) groups is 1. The first kappa shape index (κ1) is 16.2. The van der Waals surface area contributed by atoms with Crippen molar-refractivity contribution in [1.82, 2.24) is 10.3 Å². The predicted molar refractivity (Wildman–Crippen MR) is 86.4 cm³/mol. The second-order valence-electron chi connectivity index (χ2n) is 4.44. The molecule has 1 heterocycles. The highest BCUT2D eigenvalue weighted by Crippen LogP contribution is 2.31. The molecule has 0 aliphatic carbocycles. The van der Waals surface area contributed by atoms with Crippen LogP contribution < -0.4 is 14.8 Å². The molecule has 0 saturated heterocycles. The lowest BCUT2D eigenvalue weighted by Crippen LogP contribution is -2.24. The molecule has 0 spiro atoms. The van der Waals surface area contributed by atoms with Crippen molar-refractivity contribution in [3.8, 4) is 11.5 Å². The van der Waals surface area contributed by atoms with Crippen LogP contribution in [0.3, 0.4) is 0 Å². The summed E-state index contributed by atoms with van der Waals surface area (Å²) in [7, 11) is 3.18. The zero-order valence-corrected chi connectivity index (χ0v) is 13.4. The Balaban J connectivity index is 1.83. The molecule has 6 heteroatoms. The van der Waals surface area contributed by atoms with Crippen LogP contribution in [0.2, 0.25) is 0 Å². The quantitative estimate of drug-likeness (QED) is 0.795. The van der Waals surface area contributed by atoms with E-state index in [0.717, 1.165) is 10.5 Å². The Morgan fingerprint density at radius 2 is 2.05 bits per heavy atom. The average Bonchev–Trinajstić information content (AvgIpc) is 2.58. The number of nitrogens with zero attached hydrogens (tertiary/aromatic N) is 1. The zero-order chi connectivity index (χ0) is 15.8. The number of thioether (sulfide) groups is 1. The Morgan fingerprint density at radius 1 is 1.23 bits per heavy atom. The van der Waals surface area contributed by atoms with Crippen molar-refractivity contribution in [3.63, 3.8) is 0 Å². The molecular formula is C16H18N2O3S. The van der Waals surface area contributed by atoms with Crippen LogP contribution in [-0.2, 0) is 11.3 Å². The van der Waals surface area contributed by atoms with Crippen molar-refractivity contribution in [3.05, 3.63) is 48.3 Å². The molecule has 1 N–H and O–H groups in total. The van der Waals surface area contributed by atoms with E-state index >= 15 is 0 Å². The van der Waals surface area contributed by atoms with Crippen molar-refractivity contribution in [2.75, 3.05) is 20.0 Å². The van der Waals surface area contributed by atoms with Crippen LogP contribution in [-0.4, -0.2) is 30.9 Å². The van der Waals surface area contributed by atoms with Crippen LogP contribution in [0.5, 0.6) is 11.5 Å². The monoisotopic (exact) mass is 318 g/mol. The molecule has 0 bridgehead atoms. The van der Waals surface area contributed by atoms with E-state index in [2.05, 4.69) is 10.3 Å². The van der Waals surface area contributed by atoms with Gasteiger partial charge in [0.1, 0.15) is 0 Å². The molecule has 0 atom stereocenters. The predicted octanol–water partition coefficient (Wildman–Crippen LogP) is 2.51. The molecule has 0 saturated carbocycles. The first-order chi connectivity index (χ1) is 10.7. The van der Waals surface area contributed by atoms with Crippen LogP contribution in [0, 0.1) is 0 Å². The fourth-order valence-corrected chi connectivity index (χ4v) is 2.56. The Hall–Kier alpha value is -2.21. The maximum Gasteiger partial charge on any atom is 0.230 e. The first-order valence-corrected chi connectivity index (χ1v) is 7.72. The highest BCUT2D eigenvalue weighted by atomic mass is 32.2. The van der Waals surface area contributed by atoms with Gasteiger partial charge in [0, 0.05) is 23.8 Å². The minimum atomic E-state index is -0.0244. The van der Waals surface area contributed by atoms with Gasteiger partial charge in [-0.25, -0.2) is 0 Å². The molecule has 2 aromatic rings. The molecule has 0 aliphatic rings. The molecule has 0 unspecified atom stereocenters. The largest absolute Gasteiger partial charge is 0.493 e. The fraction of sp³-hybridized carbons (Fsp3) is 0.250. The Labute approximate surface area is 134 Å². The summed E-state index contributed by atoms with van der Waals surface area (Å²) in [6.07, 6.45) is 3.44. The van der Waals surface area contributed by atoms with Crippen LogP contribution in [0.1, 0.15) is 5.56 Å². The van der Waals surface area contributed by atoms with Crippen LogP contribution >= 0.6 is 11.8 Å². The van der Waals surface area contributed by atoms with E-state index in [1.54, 1.807) is 26.6 Å². The smallest absolute Gasteiger partial charge is 0.230 e. The van der Waals surface area contributed by atoms with Gasteiger partial charge >= 0.3 is 0 Å². The molecule has 5 nitrogen and oxygen atoms in total. The molecule has 1 aromatic carbocycles. The number of amides is 1. The third-order valence-corrected chi connectivity index (χ3v) is 3.93. The molecule has 0 aliphatic heterocycles. The number of methoxy groups -OCH3 is 2. The fourth-order valence-electron chi connectivity index (χ4n) is 1.81. The van der Waals surface area contributed by atoms with Crippen molar-refractivity contribution in [2.45, 2.75) is 11.4 Å². The second-order valence-corrected chi connectivity index (χ2v) is 5.49. The normalized spacial score (nSPS) is 10.1. The van der Waals surface area contributed by atoms with E-state index in [9.17, 15) is 4.79 Å². The molecule has 1 amide bonds. The molecule has 116 valence electrons. The number of aromatic nitrogens is 1. The van der Waals surface area contributed by atoms with E-state index in [1.165, 1.54) is 11.8 Å². The van der Waals surface area contributed by atoms with Gasteiger partial charge in [0.2, 0.25) is 5.91 Å². The highest BCUT2D eigenvalue weighted by molar-refractivity contribution is 8.00. The Morgan fingerprint density at radius 3 is 2.73 bits per heavy atom. The topological polar surface area (TPSA) is 60.5 Å². The number of ether oxygens (including phenoxy) is 2. The van der Waals surface area contributed by atoms with E-state index in [4.69, 9.17) is 9.47 Å². The van der Waals surface area contributed by atoms with Crippen LogP contribution in [0.25, 0.3) is 0 Å². The summed E-state index contributed by atoms with van der Waals surface area (Å²) in [5.74, 6) is 1.65. The van der Waals surface area contributed by atoms with Crippen LogP contribution in [0.15, 0.2) is 47.6 Å². The summed E-state index contributed by atoms with van der Waals surface area (Å²) in [5, 5.41) is 2.86. The van der Waals surface area contributed by atoms with Gasteiger partial charge in [0.05, 0.1) is 20.0 Å². The summed E-state index contributed by atoms with van der Waals surface area (Å²) < 4.78 is 10.4. The minimum Gasteiger partial charge on any atom is -0.493 e. The molecular weight excluding hydrogens is 300 g/mol. The molecule has 0 radical (unpaired) electrons. The van der Waals surface area contributed by atoms with E-state index in [-0.39, 0.29) is 5.91 Å². The summed E-state index contributed by atoms with van der Waals surface area (Å²) in [4.78, 5) is 16.8. The Kier molecular flexibility index (Phi) is 6.09. The summed E-state index contributed by atoms with van der Waals surface area (Å²) in [5.41, 5.74) is 0.979. The minimum absolute atomic E-state index is 0.0244. The van der Waals surface area contributed by atoms with Gasteiger partial charge in [-0.15, -0.1) is 11.8 Å². The maximum atomic E-state index is 11.9. The van der Waals surface area contributed by atoms with E-state index in [0.29, 0.717) is 23.8 Å². The number of nitrogens with one attached hydrogen (secondary N) is 1. The van der Waals surface area contributed by atoms with Gasteiger partial charge in [0.15, 0.2) is 11.5 Å². The molecule has 0 fully saturated rings. The standard InChI is InChI=1S/C16H18N2O3S/c1-20-14-6-5-13(8-15(14)21-2)22-11-16(19)18-10-12-4-3-7-17-9-12/h3-9H,10-11H2,1-2H3,(H,18,19). The summed E-state index contributed by atoms with van der Waals surface area (Å²) in [6.45, 7) is 0.485.